The number of nitrogens with one attached hydrogen (secondary N) is 1. The number of halogens is 1. The van der Waals surface area contributed by atoms with E-state index < -0.39 is 0 Å². The summed E-state index contributed by atoms with van der Waals surface area (Å²) in [6, 6.07) is 25.1. The lowest BCUT2D eigenvalue weighted by Gasteiger charge is -2.12. The van der Waals surface area contributed by atoms with Crippen molar-refractivity contribution < 1.29 is 9.53 Å². The molecule has 1 heterocycles. The fraction of sp³-hybridized carbons (Fsp3) is 0.0833. The van der Waals surface area contributed by atoms with E-state index in [0.29, 0.717) is 12.1 Å². The van der Waals surface area contributed by atoms with Gasteiger partial charge in [0.1, 0.15) is 5.75 Å². The van der Waals surface area contributed by atoms with Gasteiger partial charge in [0.15, 0.2) is 0 Å². The van der Waals surface area contributed by atoms with E-state index in [1.165, 1.54) is 0 Å². The third-order valence-corrected chi connectivity index (χ3v) is 5.26. The topological polar surface area (TPSA) is 51.2 Å². The normalized spacial score (nSPS) is 10.7. The number of carbonyl (C=O) groups is 1. The van der Waals surface area contributed by atoms with Gasteiger partial charge in [-0.3, -0.25) is 4.79 Å². The number of ether oxygens (including phenoxy) is 1. The monoisotopic (exact) mass is 446 g/mol. The highest BCUT2D eigenvalue weighted by Crippen LogP contribution is 2.26. The maximum Gasteiger partial charge on any atom is 0.252 e. The molecule has 3 aromatic carbocycles. The van der Waals surface area contributed by atoms with Crippen molar-refractivity contribution in [3.63, 3.8) is 0 Å². The molecule has 0 unspecified atom stereocenters. The lowest BCUT2D eigenvalue weighted by atomic mass is 10.0. The molecule has 29 heavy (non-hydrogen) atoms. The minimum Gasteiger partial charge on any atom is -0.496 e. The Balaban J connectivity index is 1.70. The van der Waals surface area contributed by atoms with E-state index in [2.05, 4.69) is 21.2 Å². The van der Waals surface area contributed by atoms with E-state index in [0.717, 1.165) is 37.9 Å². The molecule has 0 aliphatic rings. The number of rotatable bonds is 5. The molecule has 1 N–H and O–H groups in total. The van der Waals surface area contributed by atoms with Gasteiger partial charge in [-0.05, 0) is 30.3 Å². The van der Waals surface area contributed by atoms with Gasteiger partial charge in [-0.2, -0.15) is 0 Å². The van der Waals surface area contributed by atoms with E-state index in [9.17, 15) is 4.79 Å². The van der Waals surface area contributed by atoms with Crippen molar-refractivity contribution >= 4 is 32.7 Å². The molecular formula is C24H19BrN2O2. The molecule has 4 rings (SSSR count). The minimum absolute atomic E-state index is 0.145. The average Bonchev–Trinajstić information content (AvgIpc) is 2.77. The van der Waals surface area contributed by atoms with Crippen molar-refractivity contribution in [2.45, 2.75) is 6.54 Å². The SMILES string of the molecule is COc1ccccc1CNC(=O)c1cc(-c2ccc(Br)cc2)nc2ccccc12. The quantitative estimate of drug-likeness (QED) is 0.433. The first-order valence-electron chi connectivity index (χ1n) is 9.21. The van der Waals surface area contributed by atoms with Crippen molar-refractivity contribution in [1.82, 2.24) is 10.3 Å². The summed E-state index contributed by atoms with van der Waals surface area (Å²) in [5.74, 6) is 0.607. The number of methoxy groups -OCH3 is 1. The lowest BCUT2D eigenvalue weighted by Crippen LogP contribution is -2.23. The molecule has 4 aromatic rings. The number of fused-ring (bicyclic) bond motifs is 1. The van der Waals surface area contributed by atoms with Crippen molar-refractivity contribution in [2.75, 3.05) is 7.11 Å². The molecule has 144 valence electrons. The number of hydrogen-bond acceptors (Lipinski definition) is 3. The molecule has 0 saturated heterocycles. The highest BCUT2D eigenvalue weighted by atomic mass is 79.9. The number of nitrogens with zero attached hydrogens (tertiary/aromatic N) is 1. The van der Waals surface area contributed by atoms with Gasteiger partial charge in [0.25, 0.3) is 5.91 Å². The fourth-order valence-electron chi connectivity index (χ4n) is 3.25. The second-order valence-electron chi connectivity index (χ2n) is 6.57. The van der Waals surface area contributed by atoms with Gasteiger partial charge in [0.2, 0.25) is 0 Å². The van der Waals surface area contributed by atoms with Gasteiger partial charge in [-0.1, -0.05) is 64.5 Å². The number of benzene rings is 3. The molecule has 0 radical (unpaired) electrons. The van der Waals surface area contributed by atoms with Crippen molar-refractivity contribution in [3.8, 4) is 17.0 Å². The van der Waals surface area contributed by atoms with Crippen molar-refractivity contribution in [3.05, 3.63) is 94.5 Å². The molecule has 0 saturated carbocycles. The van der Waals surface area contributed by atoms with Crippen LogP contribution in [-0.4, -0.2) is 18.0 Å². The van der Waals surface area contributed by atoms with Crippen molar-refractivity contribution in [1.29, 1.82) is 0 Å². The molecule has 4 nitrogen and oxygen atoms in total. The Morgan fingerprint density at radius 2 is 1.72 bits per heavy atom. The van der Waals surface area contributed by atoms with E-state index in [1.807, 2.05) is 78.9 Å². The van der Waals surface area contributed by atoms with Crippen LogP contribution in [0, 0.1) is 0 Å². The Hall–Kier alpha value is -3.18. The molecule has 0 aliphatic carbocycles. The summed E-state index contributed by atoms with van der Waals surface area (Å²) in [5, 5.41) is 3.84. The maximum absolute atomic E-state index is 13.1. The minimum atomic E-state index is -0.145. The van der Waals surface area contributed by atoms with Gasteiger partial charge in [0.05, 0.1) is 23.9 Å². The molecule has 5 heteroatoms. The number of para-hydroxylation sites is 2. The second kappa shape index (κ2) is 8.45. The Morgan fingerprint density at radius 1 is 1.00 bits per heavy atom. The fourth-order valence-corrected chi connectivity index (χ4v) is 3.52. The van der Waals surface area contributed by atoms with E-state index in [4.69, 9.17) is 9.72 Å². The summed E-state index contributed by atoms with van der Waals surface area (Å²) in [6.07, 6.45) is 0. The third kappa shape index (κ3) is 4.15. The first-order valence-corrected chi connectivity index (χ1v) is 10.0. The Kier molecular flexibility index (Phi) is 5.58. The van der Waals surface area contributed by atoms with E-state index in [-0.39, 0.29) is 5.91 Å². The molecule has 0 fully saturated rings. The first-order chi connectivity index (χ1) is 14.2. The molecule has 0 bridgehead atoms. The lowest BCUT2D eigenvalue weighted by molar-refractivity contribution is 0.0952. The second-order valence-corrected chi connectivity index (χ2v) is 7.49. The predicted molar refractivity (Wildman–Crippen MR) is 119 cm³/mol. The van der Waals surface area contributed by atoms with Crippen molar-refractivity contribution in [2.24, 2.45) is 0 Å². The van der Waals surface area contributed by atoms with Crippen LogP contribution in [0.1, 0.15) is 15.9 Å². The van der Waals surface area contributed by atoms with Crippen LogP contribution in [0.25, 0.3) is 22.2 Å². The smallest absolute Gasteiger partial charge is 0.252 e. The van der Waals surface area contributed by atoms with E-state index >= 15 is 0 Å². The highest BCUT2D eigenvalue weighted by molar-refractivity contribution is 9.10. The van der Waals surface area contributed by atoms with Gasteiger partial charge in [-0.15, -0.1) is 0 Å². The number of hydrogen-bond donors (Lipinski definition) is 1. The summed E-state index contributed by atoms with van der Waals surface area (Å²) >= 11 is 3.46. The average molecular weight is 447 g/mol. The molecular weight excluding hydrogens is 428 g/mol. The summed E-state index contributed by atoms with van der Waals surface area (Å²) in [7, 11) is 1.63. The summed E-state index contributed by atoms with van der Waals surface area (Å²) in [4.78, 5) is 17.8. The van der Waals surface area contributed by atoms with Gasteiger partial charge >= 0.3 is 0 Å². The van der Waals surface area contributed by atoms with Crippen LogP contribution < -0.4 is 10.1 Å². The van der Waals surface area contributed by atoms with Crippen LogP contribution in [0.4, 0.5) is 0 Å². The first kappa shape index (κ1) is 19.2. The maximum atomic E-state index is 13.1. The zero-order valence-electron chi connectivity index (χ0n) is 15.9. The van der Waals surface area contributed by atoms with Gasteiger partial charge in [-0.25, -0.2) is 4.98 Å². The molecule has 1 aromatic heterocycles. The molecule has 0 atom stereocenters. The van der Waals surface area contributed by atoms with Crippen LogP contribution in [0.2, 0.25) is 0 Å². The molecule has 1 amide bonds. The Labute approximate surface area is 177 Å². The van der Waals surface area contributed by atoms with Crippen LogP contribution >= 0.6 is 15.9 Å². The molecule has 0 aliphatic heterocycles. The van der Waals surface area contributed by atoms with Crippen LogP contribution in [-0.2, 0) is 6.54 Å². The Bertz CT molecular complexity index is 1170. The summed E-state index contributed by atoms with van der Waals surface area (Å²) < 4.78 is 6.37. The number of aromatic nitrogens is 1. The van der Waals surface area contributed by atoms with Crippen LogP contribution in [0.15, 0.2) is 83.3 Å². The Morgan fingerprint density at radius 3 is 2.52 bits per heavy atom. The van der Waals surface area contributed by atoms with Gasteiger partial charge in [0, 0.05) is 27.5 Å². The number of pyridine rings is 1. The summed E-state index contributed by atoms with van der Waals surface area (Å²) in [6.45, 7) is 0.382. The zero-order chi connectivity index (χ0) is 20.2. The highest BCUT2D eigenvalue weighted by Gasteiger charge is 2.14. The molecule has 0 spiro atoms. The number of carbonyl (C=O) groups excluding carboxylic acids is 1. The predicted octanol–water partition coefficient (Wildman–Crippen LogP) is 5.60. The van der Waals surface area contributed by atoms with Crippen LogP contribution in [0.3, 0.4) is 0 Å². The van der Waals surface area contributed by atoms with E-state index in [1.54, 1.807) is 7.11 Å². The number of amides is 1. The largest absolute Gasteiger partial charge is 0.496 e. The van der Waals surface area contributed by atoms with Crippen LogP contribution in [0.5, 0.6) is 5.75 Å². The zero-order valence-corrected chi connectivity index (χ0v) is 17.4. The van der Waals surface area contributed by atoms with Gasteiger partial charge < -0.3 is 10.1 Å². The third-order valence-electron chi connectivity index (χ3n) is 4.73. The standard InChI is InChI=1S/C24H19BrN2O2/c1-29-23-9-5-2-6-17(23)15-26-24(28)20-14-22(16-10-12-18(25)13-11-16)27-21-8-4-3-7-19(20)21/h2-14H,15H2,1H3,(H,26,28). The summed E-state index contributed by atoms with van der Waals surface area (Å²) in [5.41, 5.74) is 4.03.